The van der Waals surface area contributed by atoms with Gasteiger partial charge in [0.05, 0.1) is 7.11 Å². The summed E-state index contributed by atoms with van der Waals surface area (Å²) in [5.74, 6) is 0.333. The molecule has 0 saturated carbocycles. The fourth-order valence-electron chi connectivity index (χ4n) is 3.89. The Morgan fingerprint density at radius 3 is 2.62 bits per heavy atom. The van der Waals surface area contributed by atoms with Crippen molar-refractivity contribution in [1.29, 1.82) is 0 Å². The molecule has 0 amide bonds. The van der Waals surface area contributed by atoms with Crippen LogP contribution in [0.2, 0.25) is 0 Å². The van der Waals surface area contributed by atoms with E-state index in [4.69, 9.17) is 9.84 Å². The molecule has 2 bridgehead atoms. The van der Waals surface area contributed by atoms with Gasteiger partial charge >= 0.3 is 5.97 Å². The number of ether oxygens (including phenoxy) is 1. The van der Waals surface area contributed by atoms with E-state index in [0.717, 1.165) is 19.4 Å². The number of fused-ring (bicyclic) bond motifs is 2. The van der Waals surface area contributed by atoms with Crippen LogP contribution >= 0.6 is 0 Å². The lowest BCUT2D eigenvalue weighted by Crippen LogP contribution is -2.42. The highest BCUT2D eigenvalue weighted by Gasteiger charge is 2.40. The fraction of sp³-hybridized carbons (Fsp3) is 0.625. The predicted molar refractivity (Wildman–Crippen MR) is 78.1 cm³/mol. The molecule has 21 heavy (non-hydrogen) atoms. The topological polar surface area (TPSA) is 62.7 Å². The van der Waals surface area contributed by atoms with Gasteiger partial charge < -0.3 is 9.84 Å². The molecule has 0 aliphatic carbocycles. The van der Waals surface area contributed by atoms with Crippen molar-refractivity contribution in [3.05, 3.63) is 23.9 Å². The predicted octanol–water partition coefficient (Wildman–Crippen LogP) is 2.31. The number of aromatic nitrogens is 1. The zero-order valence-corrected chi connectivity index (χ0v) is 12.4. The van der Waals surface area contributed by atoms with Gasteiger partial charge in [0.25, 0.3) is 0 Å². The molecule has 2 aliphatic heterocycles. The van der Waals surface area contributed by atoms with Crippen LogP contribution in [0.25, 0.3) is 0 Å². The van der Waals surface area contributed by atoms with Gasteiger partial charge in [0, 0.05) is 37.3 Å². The maximum atomic E-state index is 10.9. The molecule has 0 radical (unpaired) electrons. The first kappa shape index (κ1) is 14.3. The lowest BCUT2D eigenvalue weighted by atomic mass is 9.88. The molecule has 2 atom stereocenters. The number of methoxy groups -OCH3 is 1. The molecule has 0 spiro atoms. The van der Waals surface area contributed by atoms with E-state index >= 15 is 0 Å². The first-order valence-corrected chi connectivity index (χ1v) is 7.62. The van der Waals surface area contributed by atoms with Crippen molar-refractivity contribution < 1.29 is 14.6 Å². The molecule has 2 fully saturated rings. The van der Waals surface area contributed by atoms with Crippen molar-refractivity contribution >= 4 is 5.97 Å². The summed E-state index contributed by atoms with van der Waals surface area (Å²) in [7, 11) is 1.62. The fourth-order valence-corrected chi connectivity index (χ4v) is 3.89. The van der Waals surface area contributed by atoms with Gasteiger partial charge in [-0.2, -0.15) is 0 Å². The molecule has 114 valence electrons. The second kappa shape index (κ2) is 6.02. The van der Waals surface area contributed by atoms with Gasteiger partial charge in [-0.25, -0.2) is 4.98 Å². The van der Waals surface area contributed by atoms with E-state index in [9.17, 15) is 4.79 Å². The highest BCUT2D eigenvalue weighted by molar-refractivity contribution is 5.67. The van der Waals surface area contributed by atoms with Crippen molar-refractivity contribution in [2.45, 2.75) is 50.7 Å². The van der Waals surface area contributed by atoms with Crippen LogP contribution in [0.15, 0.2) is 18.3 Å². The van der Waals surface area contributed by atoms with E-state index in [2.05, 4.69) is 16.0 Å². The number of carboxylic acid groups (broad SMARTS) is 1. The van der Waals surface area contributed by atoms with Gasteiger partial charge in [0.1, 0.15) is 0 Å². The summed E-state index contributed by atoms with van der Waals surface area (Å²) >= 11 is 0. The Kier molecular flexibility index (Phi) is 4.10. The minimum atomic E-state index is -0.660. The number of rotatable bonds is 5. The molecular weight excluding hydrogens is 268 g/mol. The minimum Gasteiger partial charge on any atom is -0.481 e. The number of piperidine rings is 1. The zero-order valence-electron chi connectivity index (χ0n) is 12.4. The molecule has 0 aromatic carbocycles. The van der Waals surface area contributed by atoms with Crippen LogP contribution in [0.1, 0.15) is 37.7 Å². The molecule has 3 heterocycles. The van der Waals surface area contributed by atoms with E-state index in [0.29, 0.717) is 30.3 Å². The van der Waals surface area contributed by atoms with E-state index in [1.165, 1.54) is 18.4 Å². The summed E-state index contributed by atoms with van der Waals surface area (Å²) in [6.45, 7) is 0.909. The highest BCUT2D eigenvalue weighted by Crippen LogP contribution is 2.40. The average molecular weight is 290 g/mol. The third-order valence-electron chi connectivity index (χ3n) is 4.82. The Morgan fingerprint density at radius 1 is 1.38 bits per heavy atom. The Hall–Kier alpha value is -1.62. The van der Waals surface area contributed by atoms with Gasteiger partial charge in [-0.05, 0) is 37.2 Å². The molecule has 2 unspecified atom stereocenters. The van der Waals surface area contributed by atoms with Crippen LogP contribution in [0.4, 0.5) is 0 Å². The van der Waals surface area contributed by atoms with Crippen molar-refractivity contribution in [3.63, 3.8) is 0 Å². The van der Waals surface area contributed by atoms with Crippen LogP contribution < -0.4 is 4.74 Å². The SMILES string of the molecule is COc1ccc(CN2C3CCC2CC(CC(=O)O)C3)cn1. The Bertz CT molecular complexity index is 489. The number of carboxylic acids is 1. The number of hydrogen-bond donors (Lipinski definition) is 1. The second-order valence-corrected chi connectivity index (χ2v) is 6.20. The summed E-state index contributed by atoms with van der Waals surface area (Å²) in [5, 5.41) is 8.98. The average Bonchev–Trinajstić information content (AvgIpc) is 2.70. The van der Waals surface area contributed by atoms with E-state index < -0.39 is 5.97 Å². The smallest absolute Gasteiger partial charge is 0.303 e. The Balaban J connectivity index is 1.63. The van der Waals surface area contributed by atoms with E-state index in [1.54, 1.807) is 7.11 Å². The van der Waals surface area contributed by atoms with Crippen molar-refractivity contribution in [1.82, 2.24) is 9.88 Å². The number of nitrogens with zero attached hydrogens (tertiary/aromatic N) is 2. The van der Waals surface area contributed by atoms with Crippen LogP contribution in [0.5, 0.6) is 5.88 Å². The van der Waals surface area contributed by atoms with Crippen LogP contribution in [-0.2, 0) is 11.3 Å². The Morgan fingerprint density at radius 2 is 2.10 bits per heavy atom. The van der Waals surface area contributed by atoms with Crippen LogP contribution in [0.3, 0.4) is 0 Å². The maximum absolute atomic E-state index is 10.9. The van der Waals surface area contributed by atoms with Gasteiger partial charge in [-0.3, -0.25) is 9.69 Å². The molecule has 1 N–H and O–H groups in total. The quantitative estimate of drug-likeness (QED) is 0.901. The number of aliphatic carboxylic acids is 1. The molecule has 2 saturated heterocycles. The molecular formula is C16H22N2O3. The van der Waals surface area contributed by atoms with Crippen molar-refractivity contribution in [2.24, 2.45) is 5.92 Å². The summed E-state index contributed by atoms with van der Waals surface area (Å²) in [5.41, 5.74) is 1.20. The standard InChI is InChI=1S/C16H22N2O3/c1-21-15-5-2-11(9-17-15)10-18-13-3-4-14(18)7-12(6-13)8-16(19)20/h2,5,9,12-14H,3-4,6-8,10H2,1H3,(H,19,20). The van der Waals surface area contributed by atoms with E-state index in [-0.39, 0.29) is 0 Å². The number of carbonyl (C=O) groups is 1. The Labute approximate surface area is 124 Å². The minimum absolute atomic E-state index is 0.324. The molecule has 1 aromatic heterocycles. The lowest BCUT2D eigenvalue weighted by Gasteiger charge is -2.38. The number of hydrogen-bond acceptors (Lipinski definition) is 4. The summed E-state index contributed by atoms with van der Waals surface area (Å²) in [4.78, 5) is 17.7. The second-order valence-electron chi connectivity index (χ2n) is 6.20. The monoisotopic (exact) mass is 290 g/mol. The van der Waals surface area contributed by atoms with Crippen LogP contribution in [-0.4, -0.2) is 40.2 Å². The molecule has 5 heteroatoms. The third kappa shape index (κ3) is 3.18. The summed E-state index contributed by atoms with van der Waals surface area (Å²) in [6.07, 6.45) is 6.64. The lowest BCUT2D eigenvalue weighted by molar-refractivity contribution is -0.138. The third-order valence-corrected chi connectivity index (χ3v) is 4.82. The summed E-state index contributed by atoms with van der Waals surface area (Å²) < 4.78 is 5.08. The van der Waals surface area contributed by atoms with Crippen LogP contribution in [0, 0.1) is 5.92 Å². The molecule has 1 aromatic rings. The molecule has 5 nitrogen and oxygen atoms in total. The maximum Gasteiger partial charge on any atom is 0.303 e. The number of pyridine rings is 1. The van der Waals surface area contributed by atoms with Gasteiger partial charge in [-0.1, -0.05) is 6.07 Å². The van der Waals surface area contributed by atoms with E-state index in [1.807, 2.05) is 12.3 Å². The van der Waals surface area contributed by atoms with Gasteiger partial charge in [-0.15, -0.1) is 0 Å². The first-order chi connectivity index (χ1) is 10.2. The molecule has 3 rings (SSSR count). The largest absolute Gasteiger partial charge is 0.481 e. The summed E-state index contributed by atoms with van der Waals surface area (Å²) in [6, 6.07) is 5.04. The first-order valence-electron chi connectivity index (χ1n) is 7.62. The molecule has 2 aliphatic rings. The normalized spacial score (nSPS) is 28.5. The van der Waals surface area contributed by atoms with Crippen molar-refractivity contribution in [2.75, 3.05) is 7.11 Å². The van der Waals surface area contributed by atoms with Crippen molar-refractivity contribution in [3.8, 4) is 5.88 Å². The van der Waals surface area contributed by atoms with Gasteiger partial charge in [0.2, 0.25) is 5.88 Å². The zero-order chi connectivity index (χ0) is 14.8. The highest BCUT2D eigenvalue weighted by atomic mass is 16.5. The van der Waals surface area contributed by atoms with Gasteiger partial charge in [0.15, 0.2) is 0 Å².